The van der Waals surface area contributed by atoms with E-state index < -0.39 is 0 Å². The zero-order valence-corrected chi connectivity index (χ0v) is 8.33. The third kappa shape index (κ3) is 2.15. The van der Waals surface area contributed by atoms with Crippen LogP contribution in [-0.2, 0) is 0 Å². The highest BCUT2D eigenvalue weighted by Gasteiger charge is 2.10. The SMILES string of the molecule is CC(c1ccccn1)[Si](C)C. The Morgan fingerprint density at radius 1 is 1.36 bits per heavy atom. The number of rotatable bonds is 2. The maximum atomic E-state index is 4.33. The minimum absolute atomic E-state index is 0.227. The van der Waals surface area contributed by atoms with Crippen molar-refractivity contribution in [3.05, 3.63) is 30.1 Å². The zero-order chi connectivity index (χ0) is 8.27. The first-order chi connectivity index (χ1) is 5.22. The molecular weight excluding hydrogens is 150 g/mol. The molecule has 0 N–H and O–H groups in total. The third-order valence-corrected chi connectivity index (χ3v) is 4.03. The Labute approximate surface area is 70.1 Å². The minimum Gasteiger partial charge on any atom is -0.261 e. The van der Waals surface area contributed by atoms with E-state index in [-0.39, 0.29) is 8.80 Å². The lowest BCUT2D eigenvalue weighted by Gasteiger charge is -2.12. The Kier molecular flexibility index (Phi) is 2.82. The van der Waals surface area contributed by atoms with E-state index in [1.54, 1.807) is 0 Å². The first-order valence-electron chi connectivity index (χ1n) is 3.93. The lowest BCUT2D eigenvalue weighted by atomic mass is 10.3. The van der Waals surface area contributed by atoms with Gasteiger partial charge in [0.05, 0.1) is 8.80 Å². The highest BCUT2D eigenvalue weighted by molar-refractivity contribution is 6.57. The molecule has 1 unspecified atom stereocenters. The van der Waals surface area contributed by atoms with E-state index in [0.29, 0.717) is 5.54 Å². The van der Waals surface area contributed by atoms with Crippen LogP contribution < -0.4 is 0 Å². The van der Waals surface area contributed by atoms with E-state index in [0.717, 1.165) is 0 Å². The van der Waals surface area contributed by atoms with Crippen molar-refractivity contribution in [3.63, 3.8) is 0 Å². The van der Waals surface area contributed by atoms with Gasteiger partial charge in [0.1, 0.15) is 0 Å². The number of pyridine rings is 1. The van der Waals surface area contributed by atoms with Crippen molar-refractivity contribution >= 4 is 8.80 Å². The van der Waals surface area contributed by atoms with Gasteiger partial charge in [-0.2, -0.15) is 0 Å². The van der Waals surface area contributed by atoms with Gasteiger partial charge in [0.25, 0.3) is 0 Å². The van der Waals surface area contributed by atoms with Crippen molar-refractivity contribution < 1.29 is 0 Å². The van der Waals surface area contributed by atoms with Gasteiger partial charge >= 0.3 is 0 Å². The number of nitrogens with zero attached hydrogens (tertiary/aromatic N) is 1. The number of aromatic nitrogens is 1. The summed E-state index contributed by atoms with van der Waals surface area (Å²) in [6, 6.07) is 6.14. The summed E-state index contributed by atoms with van der Waals surface area (Å²) in [7, 11) is -0.227. The quantitative estimate of drug-likeness (QED) is 0.612. The summed E-state index contributed by atoms with van der Waals surface area (Å²) >= 11 is 0. The van der Waals surface area contributed by atoms with Crippen molar-refractivity contribution in [3.8, 4) is 0 Å². The fourth-order valence-electron chi connectivity index (χ4n) is 0.928. The van der Waals surface area contributed by atoms with Gasteiger partial charge < -0.3 is 0 Å². The van der Waals surface area contributed by atoms with Crippen LogP contribution in [0.15, 0.2) is 24.4 Å². The Bertz CT molecular complexity index is 208. The van der Waals surface area contributed by atoms with Crippen LogP contribution in [0, 0.1) is 0 Å². The molecule has 0 amide bonds. The standard InChI is InChI=1S/C9H14NSi/c1-8(11(2)3)9-6-4-5-7-10-9/h4-8H,1-3H3. The van der Waals surface area contributed by atoms with Crippen LogP contribution in [0.1, 0.15) is 18.2 Å². The molecule has 1 heterocycles. The molecule has 1 aromatic heterocycles. The maximum Gasteiger partial charge on any atom is 0.0514 e. The van der Waals surface area contributed by atoms with E-state index in [2.05, 4.69) is 37.1 Å². The summed E-state index contributed by atoms with van der Waals surface area (Å²) in [6.45, 7) is 6.91. The molecule has 11 heavy (non-hydrogen) atoms. The van der Waals surface area contributed by atoms with Gasteiger partial charge in [-0.15, -0.1) is 0 Å². The Hall–Kier alpha value is -0.633. The predicted molar refractivity (Wildman–Crippen MR) is 50.1 cm³/mol. The predicted octanol–water partition coefficient (Wildman–Crippen LogP) is 2.48. The summed E-state index contributed by atoms with van der Waals surface area (Å²) in [5, 5.41) is 0. The average Bonchev–Trinajstić information content (AvgIpc) is 2.05. The van der Waals surface area contributed by atoms with Crippen LogP contribution in [0.25, 0.3) is 0 Å². The van der Waals surface area contributed by atoms with Gasteiger partial charge in [0.2, 0.25) is 0 Å². The van der Waals surface area contributed by atoms with Crippen LogP contribution >= 0.6 is 0 Å². The lowest BCUT2D eigenvalue weighted by Crippen LogP contribution is -2.13. The summed E-state index contributed by atoms with van der Waals surface area (Å²) in [4.78, 5) is 4.33. The first-order valence-corrected chi connectivity index (χ1v) is 6.50. The molecule has 0 aromatic carbocycles. The van der Waals surface area contributed by atoms with Gasteiger partial charge in [-0.3, -0.25) is 4.98 Å². The molecule has 59 valence electrons. The van der Waals surface area contributed by atoms with Gasteiger partial charge in [-0.25, -0.2) is 0 Å². The molecule has 1 aromatic rings. The summed E-state index contributed by atoms with van der Waals surface area (Å²) in [5.74, 6) is 0. The molecule has 0 spiro atoms. The topological polar surface area (TPSA) is 12.9 Å². The van der Waals surface area contributed by atoms with Gasteiger partial charge in [0, 0.05) is 11.9 Å². The highest BCUT2D eigenvalue weighted by Crippen LogP contribution is 2.14. The van der Waals surface area contributed by atoms with Crippen molar-refractivity contribution in [1.29, 1.82) is 0 Å². The lowest BCUT2D eigenvalue weighted by molar-refractivity contribution is 0.969. The Morgan fingerprint density at radius 2 is 2.09 bits per heavy atom. The van der Waals surface area contributed by atoms with Crippen LogP contribution in [0.5, 0.6) is 0 Å². The zero-order valence-electron chi connectivity index (χ0n) is 7.33. The van der Waals surface area contributed by atoms with E-state index in [9.17, 15) is 0 Å². The largest absolute Gasteiger partial charge is 0.261 e. The molecule has 0 aliphatic carbocycles. The maximum absolute atomic E-state index is 4.33. The molecule has 1 nitrogen and oxygen atoms in total. The third-order valence-electron chi connectivity index (χ3n) is 2.00. The van der Waals surface area contributed by atoms with Crippen LogP contribution in [0.4, 0.5) is 0 Å². The fraction of sp³-hybridized carbons (Fsp3) is 0.444. The van der Waals surface area contributed by atoms with E-state index in [1.165, 1.54) is 5.69 Å². The van der Waals surface area contributed by atoms with Crippen LogP contribution in [0.3, 0.4) is 0 Å². The molecule has 0 fully saturated rings. The first kappa shape index (κ1) is 8.46. The number of hydrogen-bond acceptors (Lipinski definition) is 1. The van der Waals surface area contributed by atoms with Crippen molar-refractivity contribution in [2.24, 2.45) is 0 Å². The Balaban J connectivity index is 2.77. The van der Waals surface area contributed by atoms with Gasteiger partial charge in [-0.05, 0) is 17.7 Å². The van der Waals surface area contributed by atoms with Crippen LogP contribution in [0.2, 0.25) is 13.1 Å². The van der Waals surface area contributed by atoms with Gasteiger partial charge in [0.15, 0.2) is 0 Å². The molecule has 0 aliphatic rings. The molecule has 1 rings (SSSR count). The van der Waals surface area contributed by atoms with Crippen molar-refractivity contribution in [2.45, 2.75) is 25.6 Å². The highest BCUT2D eigenvalue weighted by atomic mass is 28.3. The second-order valence-corrected chi connectivity index (χ2v) is 6.07. The second-order valence-electron chi connectivity index (χ2n) is 3.05. The molecule has 0 aliphatic heterocycles. The van der Waals surface area contributed by atoms with E-state index >= 15 is 0 Å². The Morgan fingerprint density at radius 3 is 2.55 bits per heavy atom. The molecule has 1 radical (unpaired) electrons. The molecule has 1 atom stereocenters. The molecule has 2 heteroatoms. The van der Waals surface area contributed by atoms with E-state index in [4.69, 9.17) is 0 Å². The molecule has 0 bridgehead atoms. The summed E-state index contributed by atoms with van der Waals surface area (Å²) in [6.07, 6.45) is 1.87. The number of hydrogen-bond donors (Lipinski definition) is 0. The normalized spacial score (nSPS) is 13.5. The molecular formula is C9H14NSi. The van der Waals surface area contributed by atoms with Gasteiger partial charge in [-0.1, -0.05) is 26.1 Å². The monoisotopic (exact) mass is 164 g/mol. The van der Waals surface area contributed by atoms with Crippen molar-refractivity contribution in [1.82, 2.24) is 4.98 Å². The fourth-order valence-corrected chi connectivity index (χ4v) is 1.69. The minimum atomic E-state index is -0.227. The summed E-state index contributed by atoms with van der Waals surface area (Å²) in [5.41, 5.74) is 1.91. The van der Waals surface area contributed by atoms with E-state index in [1.807, 2.05) is 12.3 Å². The summed E-state index contributed by atoms with van der Waals surface area (Å²) < 4.78 is 0. The smallest absolute Gasteiger partial charge is 0.0514 e. The second kappa shape index (κ2) is 3.67. The molecule has 0 saturated heterocycles. The van der Waals surface area contributed by atoms with Crippen LogP contribution in [-0.4, -0.2) is 13.8 Å². The molecule has 0 saturated carbocycles. The average molecular weight is 164 g/mol. The van der Waals surface area contributed by atoms with Crippen molar-refractivity contribution in [2.75, 3.05) is 0 Å².